The topological polar surface area (TPSA) is 40.5 Å². The number of hydrogen-bond donors (Lipinski definition) is 2. The molecule has 0 saturated carbocycles. The maximum Gasteiger partial charge on any atom is 0.106 e. The zero-order valence-electron chi connectivity index (χ0n) is 7.74. The van der Waals surface area contributed by atoms with Gasteiger partial charge < -0.3 is 10.2 Å². The molecule has 2 N–H and O–H groups in total. The van der Waals surface area contributed by atoms with Gasteiger partial charge in [-0.15, -0.1) is 11.6 Å². The Balaban J connectivity index is 2.99. The van der Waals surface area contributed by atoms with Crippen LogP contribution in [0.15, 0.2) is 18.2 Å². The van der Waals surface area contributed by atoms with Gasteiger partial charge in [0, 0.05) is 5.02 Å². The van der Waals surface area contributed by atoms with Crippen LogP contribution in [0.5, 0.6) is 0 Å². The molecule has 1 aromatic carbocycles. The van der Waals surface area contributed by atoms with Crippen LogP contribution in [0.2, 0.25) is 5.02 Å². The number of benzene rings is 1. The number of rotatable bonds is 3. The summed E-state index contributed by atoms with van der Waals surface area (Å²) in [5, 5.41) is 19.6. The predicted octanol–water partition coefficient (Wildman–Crippen LogP) is 2.28. The first-order valence-corrected chi connectivity index (χ1v) is 5.15. The molecule has 0 heterocycles. The maximum atomic E-state index is 9.70. The lowest BCUT2D eigenvalue weighted by molar-refractivity contribution is 0.0323. The van der Waals surface area contributed by atoms with Gasteiger partial charge in [0.2, 0.25) is 0 Å². The molecule has 2 unspecified atom stereocenters. The Morgan fingerprint density at radius 3 is 2.57 bits per heavy atom. The number of aryl methyl sites for hydroxylation is 1. The summed E-state index contributed by atoms with van der Waals surface area (Å²) in [5.74, 6) is -0.00683. The van der Waals surface area contributed by atoms with Crippen molar-refractivity contribution >= 4 is 23.2 Å². The lowest BCUT2D eigenvalue weighted by Crippen LogP contribution is -2.20. The molecule has 4 heteroatoms. The molecule has 0 bridgehead atoms. The second kappa shape index (κ2) is 4.99. The van der Waals surface area contributed by atoms with Gasteiger partial charge in [-0.05, 0) is 30.2 Å². The smallest absolute Gasteiger partial charge is 0.106 e. The molecule has 2 nitrogen and oxygen atoms in total. The first-order valence-electron chi connectivity index (χ1n) is 4.24. The molecule has 0 spiro atoms. The third-order valence-corrected chi connectivity index (χ3v) is 2.63. The van der Waals surface area contributed by atoms with Crippen LogP contribution < -0.4 is 0 Å². The second-order valence-corrected chi connectivity index (χ2v) is 3.91. The van der Waals surface area contributed by atoms with Crippen molar-refractivity contribution in [3.8, 4) is 0 Å². The summed E-state index contributed by atoms with van der Waals surface area (Å²) in [6.07, 6.45) is -1.94. The molecule has 0 fully saturated rings. The van der Waals surface area contributed by atoms with E-state index in [2.05, 4.69) is 0 Å². The lowest BCUT2D eigenvalue weighted by atomic mass is 10.0. The van der Waals surface area contributed by atoms with Crippen LogP contribution in [0, 0.1) is 6.92 Å². The van der Waals surface area contributed by atoms with Crippen molar-refractivity contribution in [2.24, 2.45) is 0 Å². The standard InChI is InChI=1S/C10H12Cl2O2/c1-6-2-3-7(12)4-8(6)10(14)9(13)5-11/h2-4,9-10,13-14H,5H2,1H3. The molecule has 0 aliphatic carbocycles. The van der Waals surface area contributed by atoms with Crippen LogP contribution in [-0.4, -0.2) is 22.2 Å². The van der Waals surface area contributed by atoms with Crippen LogP contribution in [0.3, 0.4) is 0 Å². The molecule has 14 heavy (non-hydrogen) atoms. The number of aliphatic hydroxyl groups excluding tert-OH is 2. The lowest BCUT2D eigenvalue weighted by Gasteiger charge is -2.17. The SMILES string of the molecule is Cc1ccc(Cl)cc1C(O)C(O)CCl. The highest BCUT2D eigenvalue weighted by atomic mass is 35.5. The fourth-order valence-electron chi connectivity index (χ4n) is 1.22. The van der Waals surface area contributed by atoms with E-state index >= 15 is 0 Å². The highest BCUT2D eigenvalue weighted by molar-refractivity contribution is 6.30. The zero-order chi connectivity index (χ0) is 10.7. The van der Waals surface area contributed by atoms with Crippen molar-refractivity contribution in [1.82, 2.24) is 0 Å². The molecular formula is C10H12Cl2O2. The minimum atomic E-state index is -0.980. The fourth-order valence-corrected chi connectivity index (χ4v) is 1.57. The van der Waals surface area contributed by atoms with Gasteiger partial charge in [-0.25, -0.2) is 0 Å². The first-order chi connectivity index (χ1) is 6.56. The largest absolute Gasteiger partial charge is 0.389 e. The first kappa shape index (κ1) is 11.8. The van der Waals surface area contributed by atoms with Gasteiger partial charge in [-0.3, -0.25) is 0 Å². The van der Waals surface area contributed by atoms with Crippen molar-refractivity contribution in [3.05, 3.63) is 34.3 Å². The molecule has 0 amide bonds. The van der Waals surface area contributed by atoms with Crippen LogP contribution in [-0.2, 0) is 0 Å². The summed E-state index contributed by atoms with van der Waals surface area (Å²) in [5.41, 5.74) is 1.50. The van der Waals surface area contributed by atoms with E-state index in [1.54, 1.807) is 18.2 Å². The predicted molar refractivity (Wildman–Crippen MR) is 57.9 cm³/mol. The maximum absolute atomic E-state index is 9.70. The van der Waals surface area contributed by atoms with Crippen molar-refractivity contribution in [3.63, 3.8) is 0 Å². The minimum Gasteiger partial charge on any atom is -0.389 e. The Morgan fingerprint density at radius 2 is 2.00 bits per heavy atom. The molecule has 0 aliphatic heterocycles. The molecular weight excluding hydrogens is 223 g/mol. The second-order valence-electron chi connectivity index (χ2n) is 3.17. The van der Waals surface area contributed by atoms with Crippen LogP contribution >= 0.6 is 23.2 Å². The van der Waals surface area contributed by atoms with Gasteiger partial charge in [0.15, 0.2) is 0 Å². The van der Waals surface area contributed by atoms with E-state index in [0.717, 1.165) is 5.56 Å². The van der Waals surface area contributed by atoms with E-state index in [1.165, 1.54) is 0 Å². The molecule has 78 valence electrons. The molecule has 0 aromatic heterocycles. The molecule has 1 rings (SSSR count). The van der Waals surface area contributed by atoms with Gasteiger partial charge in [0.25, 0.3) is 0 Å². The fraction of sp³-hybridized carbons (Fsp3) is 0.400. The summed E-state index contributed by atoms with van der Waals surface area (Å²) < 4.78 is 0. The molecule has 2 atom stereocenters. The number of hydrogen-bond acceptors (Lipinski definition) is 2. The molecule has 1 aromatic rings. The third-order valence-electron chi connectivity index (χ3n) is 2.08. The van der Waals surface area contributed by atoms with E-state index in [-0.39, 0.29) is 5.88 Å². The summed E-state index contributed by atoms with van der Waals surface area (Å²) in [6.45, 7) is 1.84. The average molecular weight is 235 g/mol. The average Bonchev–Trinajstić information content (AvgIpc) is 2.19. The summed E-state index contributed by atoms with van der Waals surface area (Å²) in [6, 6.07) is 5.17. The van der Waals surface area contributed by atoms with Crippen LogP contribution in [0.25, 0.3) is 0 Å². The van der Waals surface area contributed by atoms with E-state index < -0.39 is 12.2 Å². The van der Waals surface area contributed by atoms with E-state index in [1.807, 2.05) is 6.92 Å². The monoisotopic (exact) mass is 234 g/mol. The van der Waals surface area contributed by atoms with Crippen molar-refractivity contribution in [1.29, 1.82) is 0 Å². The quantitative estimate of drug-likeness (QED) is 0.789. The van der Waals surface area contributed by atoms with Crippen molar-refractivity contribution < 1.29 is 10.2 Å². The van der Waals surface area contributed by atoms with Crippen molar-refractivity contribution in [2.45, 2.75) is 19.1 Å². The zero-order valence-corrected chi connectivity index (χ0v) is 9.26. The summed E-state index contributed by atoms with van der Waals surface area (Å²) in [4.78, 5) is 0. The highest BCUT2D eigenvalue weighted by Gasteiger charge is 2.19. The number of halogens is 2. The van der Waals surface area contributed by atoms with Gasteiger partial charge >= 0.3 is 0 Å². The Kier molecular flexibility index (Phi) is 4.20. The van der Waals surface area contributed by atoms with E-state index in [0.29, 0.717) is 10.6 Å². The minimum absolute atomic E-state index is 0.00683. The summed E-state index contributed by atoms with van der Waals surface area (Å²) >= 11 is 11.2. The Morgan fingerprint density at radius 1 is 1.36 bits per heavy atom. The van der Waals surface area contributed by atoms with Crippen LogP contribution in [0.1, 0.15) is 17.2 Å². The Labute approximate surface area is 93.1 Å². The Hall–Kier alpha value is -0.280. The Bertz CT molecular complexity index is 315. The van der Waals surface area contributed by atoms with Crippen LogP contribution in [0.4, 0.5) is 0 Å². The molecule has 0 aliphatic rings. The number of aliphatic hydroxyl groups is 2. The van der Waals surface area contributed by atoms with Gasteiger partial charge in [0.1, 0.15) is 6.10 Å². The molecule has 0 saturated heterocycles. The normalized spacial score (nSPS) is 15.2. The van der Waals surface area contributed by atoms with Gasteiger partial charge in [-0.1, -0.05) is 17.7 Å². The van der Waals surface area contributed by atoms with E-state index in [9.17, 15) is 10.2 Å². The third kappa shape index (κ3) is 2.61. The van der Waals surface area contributed by atoms with Gasteiger partial charge in [0.05, 0.1) is 12.0 Å². The van der Waals surface area contributed by atoms with Gasteiger partial charge in [-0.2, -0.15) is 0 Å². The van der Waals surface area contributed by atoms with E-state index in [4.69, 9.17) is 23.2 Å². The van der Waals surface area contributed by atoms with Crippen molar-refractivity contribution in [2.75, 3.05) is 5.88 Å². The highest BCUT2D eigenvalue weighted by Crippen LogP contribution is 2.24. The molecule has 0 radical (unpaired) electrons. The summed E-state index contributed by atoms with van der Waals surface area (Å²) in [7, 11) is 0. The number of alkyl halides is 1.